The Morgan fingerprint density at radius 1 is 1.25 bits per heavy atom. The normalized spacial score (nSPS) is 11.7. The summed E-state index contributed by atoms with van der Waals surface area (Å²) in [6, 6.07) is 1.36. The molecule has 1 aromatic carbocycles. The van der Waals surface area contributed by atoms with Crippen LogP contribution in [0.3, 0.4) is 0 Å². The molecule has 1 aromatic rings. The van der Waals surface area contributed by atoms with Gasteiger partial charge in [-0.3, -0.25) is 0 Å². The first-order chi connectivity index (χ1) is 7.27. The maximum absolute atomic E-state index is 13.3. The van der Waals surface area contributed by atoms with Gasteiger partial charge in [0.05, 0.1) is 5.56 Å². The third-order valence-corrected chi connectivity index (χ3v) is 2.62. The van der Waals surface area contributed by atoms with Crippen LogP contribution < -0.4 is 5.46 Å². The summed E-state index contributed by atoms with van der Waals surface area (Å²) in [6.07, 6.45) is -3.47. The van der Waals surface area contributed by atoms with Gasteiger partial charge in [-0.05, 0) is 23.9 Å². The number of rotatable bonds is 2. The molecular weight excluding hydrogens is 247 g/mol. The summed E-state index contributed by atoms with van der Waals surface area (Å²) in [5.74, 6) is -1.40. The van der Waals surface area contributed by atoms with Crippen molar-refractivity contribution in [2.24, 2.45) is 0 Å². The standard InChI is InChI=1S/C8H7BF4O2S/c1-16-6-3-4(9(14)15)2-5(7(6)10)8(11,12)13/h2-3,14-15H,1H3. The maximum Gasteiger partial charge on any atom is 0.488 e. The van der Waals surface area contributed by atoms with E-state index < -0.39 is 30.1 Å². The Balaban J connectivity index is 3.42. The summed E-state index contributed by atoms with van der Waals surface area (Å²) >= 11 is 0.760. The molecule has 16 heavy (non-hydrogen) atoms. The molecule has 0 heterocycles. The van der Waals surface area contributed by atoms with Gasteiger partial charge in [0.1, 0.15) is 5.82 Å². The number of hydrogen-bond acceptors (Lipinski definition) is 3. The van der Waals surface area contributed by atoms with Gasteiger partial charge in [-0.15, -0.1) is 11.8 Å². The molecule has 0 saturated carbocycles. The first kappa shape index (κ1) is 13.3. The van der Waals surface area contributed by atoms with E-state index in [9.17, 15) is 17.6 Å². The lowest BCUT2D eigenvalue weighted by atomic mass is 9.79. The fourth-order valence-electron chi connectivity index (χ4n) is 1.12. The summed E-state index contributed by atoms with van der Waals surface area (Å²) in [4.78, 5) is -0.280. The molecule has 0 spiro atoms. The maximum atomic E-state index is 13.3. The van der Waals surface area contributed by atoms with Crippen molar-refractivity contribution in [2.75, 3.05) is 6.26 Å². The van der Waals surface area contributed by atoms with E-state index >= 15 is 0 Å². The van der Waals surface area contributed by atoms with Gasteiger partial charge in [0.2, 0.25) is 0 Å². The summed E-state index contributed by atoms with van der Waals surface area (Å²) in [7, 11) is -2.06. The zero-order chi connectivity index (χ0) is 12.5. The predicted octanol–water partition coefficient (Wildman–Crippen LogP) is 1.25. The molecule has 0 radical (unpaired) electrons. The lowest BCUT2D eigenvalue weighted by Crippen LogP contribution is -2.31. The Labute approximate surface area is 93.4 Å². The molecule has 0 amide bonds. The lowest BCUT2D eigenvalue weighted by molar-refractivity contribution is -0.140. The van der Waals surface area contributed by atoms with Crippen LogP contribution in [0, 0.1) is 5.82 Å². The number of benzene rings is 1. The predicted molar refractivity (Wildman–Crippen MR) is 53.0 cm³/mol. The second kappa shape index (κ2) is 4.64. The summed E-state index contributed by atoms with van der Waals surface area (Å²) < 4.78 is 50.5. The van der Waals surface area contributed by atoms with Gasteiger partial charge in [0.25, 0.3) is 0 Å². The van der Waals surface area contributed by atoms with Crippen molar-refractivity contribution in [3.8, 4) is 0 Å². The summed E-state index contributed by atoms with van der Waals surface area (Å²) in [5, 5.41) is 17.6. The molecule has 2 N–H and O–H groups in total. The van der Waals surface area contributed by atoms with Crippen LogP contribution in [0.4, 0.5) is 17.6 Å². The SMILES string of the molecule is CSc1cc(B(O)O)cc(C(F)(F)F)c1F. The van der Waals surface area contributed by atoms with Gasteiger partial charge in [-0.2, -0.15) is 13.2 Å². The second-order valence-electron chi connectivity index (χ2n) is 2.96. The van der Waals surface area contributed by atoms with Crippen molar-refractivity contribution in [3.05, 3.63) is 23.5 Å². The minimum absolute atomic E-state index is 0.280. The van der Waals surface area contributed by atoms with Crippen molar-refractivity contribution >= 4 is 24.3 Å². The lowest BCUT2D eigenvalue weighted by Gasteiger charge is -2.12. The highest BCUT2D eigenvalue weighted by Gasteiger charge is 2.36. The molecule has 0 atom stereocenters. The Bertz CT molecular complexity index is 394. The average molecular weight is 254 g/mol. The van der Waals surface area contributed by atoms with E-state index in [1.165, 1.54) is 6.26 Å². The Morgan fingerprint density at radius 3 is 2.19 bits per heavy atom. The number of alkyl halides is 3. The average Bonchev–Trinajstić information content (AvgIpc) is 2.15. The van der Waals surface area contributed by atoms with Crippen molar-refractivity contribution in [1.29, 1.82) is 0 Å². The van der Waals surface area contributed by atoms with E-state index in [0.717, 1.165) is 17.8 Å². The molecule has 2 nitrogen and oxygen atoms in total. The number of halogens is 4. The summed E-state index contributed by atoms with van der Waals surface area (Å²) in [6.45, 7) is 0. The highest BCUT2D eigenvalue weighted by molar-refractivity contribution is 7.98. The molecule has 0 unspecified atom stereocenters. The second-order valence-corrected chi connectivity index (χ2v) is 3.80. The third-order valence-electron chi connectivity index (χ3n) is 1.89. The van der Waals surface area contributed by atoms with Gasteiger partial charge in [-0.25, -0.2) is 4.39 Å². The molecule has 8 heteroatoms. The van der Waals surface area contributed by atoms with E-state index in [-0.39, 0.29) is 4.90 Å². The molecule has 0 aliphatic heterocycles. The van der Waals surface area contributed by atoms with Crippen molar-refractivity contribution < 1.29 is 27.6 Å². The molecular formula is C8H7BF4O2S. The molecule has 0 aliphatic rings. The van der Waals surface area contributed by atoms with Crippen molar-refractivity contribution in [1.82, 2.24) is 0 Å². The molecule has 0 aromatic heterocycles. The molecule has 0 bridgehead atoms. The zero-order valence-corrected chi connectivity index (χ0v) is 8.86. The number of hydrogen-bond donors (Lipinski definition) is 2. The number of thioether (sulfide) groups is 1. The van der Waals surface area contributed by atoms with E-state index in [0.29, 0.717) is 6.07 Å². The molecule has 0 aliphatic carbocycles. The molecule has 88 valence electrons. The van der Waals surface area contributed by atoms with Crippen LogP contribution in [0.1, 0.15) is 5.56 Å². The van der Waals surface area contributed by atoms with Gasteiger partial charge < -0.3 is 10.0 Å². The van der Waals surface area contributed by atoms with Crippen LogP contribution in [-0.4, -0.2) is 23.4 Å². The fraction of sp³-hybridized carbons (Fsp3) is 0.250. The zero-order valence-electron chi connectivity index (χ0n) is 8.05. The van der Waals surface area contributed by atoms with Crippen LogP contribution in [0.25, 0.3) is 0 Å². The van der Waals surface area contributed by atoms with E-state index in [4.69, 9.17) is 10.0 Å². The van der Waals surface area contributed by atoms with Gasteiger partial charge in [-0.1, -0.05) is 0 Å². The third kappa shape index (κ3) is 2.69. The van der Waals surface area contributed by atoms with Crippen LogP contribution in [0.15, 0.2) is 17.0 Å². The minimum Gasteiger partial charge on any atom is -0.423 e. The van der Waals surface area contributed by atoms with Crippen LogP contribution in [0.5, 0.6) is 0 Å². The minimum atomic E-state index is -4.86. The first-order valence-electron chi connectivity index (χ1n) is 4.08. The van der Waals surface area contributed by atoms with Crippen molar-refractivity contribution in [2.45, 2.75) is 11.1 Å². The fourth-order valence-corrected chi connectivity index (χ4v) is 1.67. The van der Waals surface area contributed by atoms with Crippen LogP contribution in [-0.2, 0) is 6.18 Å². The van der Waals surface area contributed by atoms with Gasteiger partial charge in [0.15, 0.2) is 0 Å². The Kier molecular flexibility index (Phi) is 3.87. The smallest absolute Gasteiger partial charge is 0.423 e. The Morgan fingerprint density at radius 2 is 1.81 bits per heavy atom. The largest absolute Gasteiger partial charge is 0.488 e. The first-order valence-corrected chi connectivity index (χ1v) is 5.30. The van der Waals surface area contributed by atoms with Crippen LogP contribution in [0.2, 0.25) is 0 Å². The highest BCUT2D eigenvalue weighted by atomic mass is 32.2. The molecule has 0 fully saturated rings. The van der Waals surface area contributed by atoms with Gasteiger partial charge >= 0.3 is 13.3 Å². The monoisotopic (exact) mass is 254 g/mol. The summed E-state index contributed by atoms with van der Waals surface area (Å²) in [5.41, 5.74) is -1.89. The molecule has 1 rings (SSSR count). The van der Waals surface area contributed by atoms with Gasteiger partial charge in [0, 0.05) is 4.90 Å². The highest BCUT2D eigenvalue weighted by Crippen LogP contribution is 2.34. The van der Waals surface area contributed by atoms with E-state index in [2.05, 4.69) is 0 Å². The quantitative estimate of drug-likeness (QED) is 0.474. The Hall–Kier alpha value is -0.725. The van der Waals surface area contributed by atoms with E-state index in [1.807, 2.05) is 0 Å². The van der Waals surface area contributed by atoms with E-state index in [1.54, 1.807) is 0 Å². The van der Waals surface area contributed by atoms with Crippen molar-refractivity contribution in [3.63, 3.8) is 0 Å². The topological polar surface area (TPSA) is 40.5 Å². The molecule has 0 saturated heterocycles. The van der Waals surface area contributed by atoms with Crippen LogP contribution >= 0.6 is 11.8 Å².